The first-order valence-corrected chi connectivity index (χ1v) is 11.9. The Labute approximate surface area is 185 Å². The number of likely N-dealkylation sites (tertiary alicyclic amines) is 1. The number of carboxylic acids is 1. The topological polar surface area (TPSA) is 129 Å². The van der Waals surface area contributed by atoms with Crippen molar-refractivity contribution in [2.24, 2.45) is 11.7 Å². The van der Waals surface area contributed by atoms with Crippen LogP contribution in [0.1, 0.15) is 24.8 Å². The Morgan fingerprint density at radius 3 is 2.68 bits per heavy atom. The number of carboxylic acid groups (broad SMARTS) is 1. The summed E-state index contributed by atoms with van der Waals surface area (Å²) in [5.41, 5.74) is 8.24. The molecule has 2 heterocycles. The van der Waals surface area contributed by atoms with E-state index >= 15 is 0 Å². The summed E-state index contributed by atoms with van der Waals surface area (Å²) in [6.07, 6.45) is 5.64. The van der Waals surface area contributed by atoms with Gasteiger partial charge in [-0.15, -0.1) is 0 Å². The van der Waals surface area contributed by atoms with Gasteiger partial charge in [0, 0.05) is 36.1 Å². The Bertz CT molecular complexity index is 923. The lowest BCUT2D eigenvalue weighted by Crippen LogP contribution is -2.51. The molecule has 8 nitrogen and oxygen atoms in total. The van der Waals surface area contributed by atoms with Crippen molar-refractivity contribution < 1.29 is 19.5 Å². The summed E-state index contributed by atoms with van der Waals surface area (Å²) < 4.78 is 0. The number of para-hydroxylation sites is 1. The first-order chi connectivity index (χ1) is 14.9. The van der Waals surface area contributed by atoms with Gasteiger partial charge in [0.15, 0.2) is 0 Å². The number of hydrogen-bond donors (Lipinski definition) is 4. The summed E-state index contributed by atoms with van der Waals surface area (Å²) in [7, 11) is 0. The second-order valence-corrected chi connectivity index (χ2v) is 8.94. The molecule has 0 saturated carbocycles. The summed E-state index contributed by atoms with van der Waals surface area (Å²) in [4.78, 5) is 41.6. The second-order valence-electron chi connectivity index (χ2n) is 7.95. The van der Waals surface area contributed by atoms with Crippen molar-refractivity contribution in [3.8, 4) is 0 Å². The van der Waals surface area contributed by atoms with E-state index < -0.39 is 18.1 Å². The molecule has 9 heteroatoms. The lowest BCUT2D eigenvalue weighted by molar-refractivity contribution is -0.143. The van der Waals surface area contributed by atoms with E-state index in [4.69, 9.17) is 5.73 Å². The first-order valence-electron chi connectivity index (χ1n) is 10.5. The van der Waals surface area contributed by atoms with Crippen LogP contribution < -0.4 is 11.1 Å². The van der Waals surface area contributed by atoms with Crippen molar-refractivity contribution in [2.45, 2.75) is 37.8 Å². The van der Waals surface area contributed by atoms with Gasteiger partial charge in [-0.25, -0.2) is 4.79 Å². The van der Waals surface area contributed by atoms with E-state index in [1.807, 2.05) is 36.7 Å². The van der Waals surface area contributed by atoms with Gasteiger partial charge in [0.05, 0.1) is 6.04 Å². The molecule has 0 bridgehead atoms. The van der Waals surface area contributed by atoms with Crippen molar-refractivity contribution in [3.05, 3.63) is 36.0 Å². The fourth-order valence-electron chi connectivity index (χ4n) is 4.00. The average Bonchev–Trinajstić information content (AvgIpc) is 3.18. The van der Waals surface area contributed by atoms with E-state index in [0.29, 0.717) is 44.5 Å². The van der Waals surface area contributed by atoms with Gasteiger partial charge in [0.25, 0.3) is 0 Å². The highest BCUT2D eigenvalue weighted by atomic mass is 32.2. The molecular weight excluding hydrogens is 416 g/mol. The monoisotopic (exact) mass is 446 g/mol. The molecule has 2 atom stereocenters. The molecule has 2 amide bonds. The van der Waals surface area contributed by atoms with E-state index in [9.17, 15) is 19.5 Å². The Hall–Kier alpha value is -2.52. The number of aliphatic carboxylic acids is 1. The number of nitrogens with two attached hydrogens (primary N) is 1. The van der Waals surface area contributed by atoms with E-state index in [1.165, 1.54) is 0 Å². The molecule has 0 radical (unpaired) electrons. The van der Waals surface area contributed by atoms with E-state index in [-0.39, 0.29) is 17.7 Å². The van der Waals surface area contributed by atoms with Crippen LogP contribution >= 0.6 is 11.8 Å². The minimum absolute atomic E-state index is 0.118. The summed E-state index contributed by atoms with van der Waals surface area (Å²) in [6.45, 7) is 0.891. The molecule has 1 aliphatic rings. The number of rotatable bonds is 9. The van der Waals surface area contributed by atoms with E-state index in [2.05, 4.69) is 10.3 Å². The van der Waals surface area contributed by atoms with Gasteiger partial charge in [0.2, 0.25) is 11.8 Å². The number of aromatic nitrogens is 1. The largest absolute Gasteiger partial charge is 0.480 e. The molecule has 31 heavy (non-hydrogen) atoms. The Kier molecular flexibility index (Phi) is 7.97. The summed E-state index contributed by atoms with van der Waals surface area (Å²) >= 11 is 1.55. The molecule has 1 aromatic carbocycles. The van der Waals surface area contributed by atoms with Gasteiger partial charge in [-0.2, -0.15) is 11.8 Å². The number of hydrogen-bond acceptors (Lipinski definition) is 5. The molecule has 3 rings (SSSR count). The standard InChI is InChI=1S/C22H30N4O4S/c1-31-11-8-19(22(29)30)25-20(27)14-6-9-26(10-7-14)21(28)17(23)12-15-13-24-18-5-3-2-4-16(15)18/h2-5,13-14,17,19,24H,6-12,23H2,1H3,(H,25,27)(H,29,30). The van der Waals surface area contributed by atoms with Gasteiger partial charge in [-0.1, -0.05) is 18.2 Å². The quantitative estimate of drug-likeness (QED) is 0.463. The third-order valence-electron chi connectivity index (χ3n) is 5.83. The lowest BCUT2D eigenvalue weighted by Gasteiger charge is -2.33. The minimum Gasteiger partial charge on any atom is -0.480 e. The lowest BCUT2D eigenvalue weighted by atomic mass is 9.94. The number of carbonyl (C=O) groups is 3. The Morgan fingerprint density at radius 2 is 2.00 bits per heavy atom. The molecule has 1 aliphatic heterocycles. The number of piperidine rings is 1. The number of aromatic amines is 1. The van der Waals surface area contributed by atoms with Crippen LogP contribution in [0.5, 0.6) is 0 Å². The molecule has 2 aromatic rings. The minimum atomic E-state index is -1.02. The van der Waals surface area contributed by atoms with E-state index in [0.717, 1.165) is 16.5 Å². The Morgan fingerprint density at radius 1 is 1.29 bits per heavy atom. The Balaban J connectivity index is 1.50. The number of nitrogens with zero attached hydrogens (tertiary/aromatic N) is 1. The smallest absolute Gasteiger partial charge is 0.326 e. The fraction of sp³-hybridized carbons (Fsp3) is 0.500. The van der Waals surface area contributed by atoms with Crippen molar-refractivity contribution in [1.29, 1.82) is 0 Å². The molecule has 1 fully saturated rings. The molecule has 1 saturated heterocycles. The predicted octanol–water partition coefficient (Wildman–Crippen LogP) is 1.60. The van der Waals surface area contributed by atoms with Gasteiger partial charge in [-0.3, -0.25) is 9.59 Å². The predicted molar refractivity (Wildman–Crippen MR) is 122 cm³/mol. The zero-order valence-corrected chi connectivity index (χ0v) is 18.5. The first kappa shape index (κ1) is 23.1. The summed E-state index contributed by atoms with van der Waals surface area (Å²) in [5.74, 6) is -1.00. The average molecular weight is 447 g/mol. The summed E-state index contributed by atoms with van der Waals surface area (Å²) in [6, 6.07) is 6.38. The number of thioether (sulfide) groups is 1. The van der Waals surface area contributed by atoms with Crippen molar-refractivity contribution in [3.63, 3.8) is 0 Å². The van der Waals surface area contributed by atoms with Crippen LogP contribution in [0.25, 0.3) is 10.9 Å². The van der Waals surface area contributed by atoms with Crippen LogP contribution in [0.15, 0.2) is 30.5 Å². The fourth-order valence-corrected chi connectivity index (χ4v) is 4.48. The maximum atomic E-state index is 12.8. The zero-order chi connectivity index (χ0) is 22.4. The molecule has 1 aromatic heterocycles. The maximum Gasteiger partial charge on any atom is 0.326 e. The van der Waals surface area contributed by atoms with Gasteiger partial charge >= 0.3 is 5.97 Å². The summed E-state index contributed by atoms with van der Waals surface area (Å²) in [5, 5.41) is 13.0. The highest BCUT2D eigenvalue weighted by molar-refractivity contribution is 7.98. The number of amides is 2. The molecular formula is C22H30N4O4S. The van der Waals surface area contributed by atoms with Crippen LogP contribution in [0.3, 0.4) is 0 Å². The van der Waals surface area contributed by atoms with Gasteiger partial charge in [0.1, 0.15) is 6.04 Å². The third kappa shape index (κ3) is 5.80. The second kappa shape index (κ2) is 10.7. The SMILES string of the molecule is CSCCC(NC(=O)C1CCN(C(=O)C(N)Cc2c[nH]c3ccccc23)CC1)C(=O)O. The molecule has 0 spiro atoms. The number of nitrogens with one attached hydrogen (secondary N) is 2. The molecule has 168 valence electrons. The number of fused-ring (bicyclic) bond motifs is 1. The normalized spacial score (nSPS) is 16.8. The molecule has 2 unspecified atom stereocenters. The van der Waals surface area contributed by atoms with Crippen molar-refractivity contribution in [2.75, 3.05) is 25.1 Å². The van der Waals surface area contributed by atoms with Crippen molar-refractivity contribution >= 4 is 40.4 Å². The maximum absolute atomic E-state index is 12.8. The highest BCUT2D eigenvalue weighted by Gasteiger charge is 2.31. The van der Waals surface area contributed by atoms with Gasteiger partial charge in [-0.05, 0) is 49.3 Å². The molecule has 0 aliphatic carbocycles. The van der Waals surface area contributed by atoms with Crippen LogP contribution in [-0.4, -0.2) is 70.0 Å². The zero-order valence-electron chi connectivity index (χ0n) is 17.7. The van der Waals surface area contributed by atoms with Crippen LogP contribution in [0.4, 0.5) is 0 Å². The third-order valence-corrected chi connectivity index (χ3v) is 6.48. The number of benzene rings is 1. The number of H-pyrrole nitrogens is 1. The van der Waals surface area contributed by atoms with Crippen LogP contribution in [0, 0.1) is 5.92 Å². The van der Waals surface area contributed by atoms with E-state index in [1.54, 1.807) is 16.7 Å². The highest BCUT2D eigenvalue weighted by Crippen LogP contribution is 2.21. The molecule has 5 N–H and O–H groups in total. The number of carbonyl (C=O) groups excluding carboxylic acids is 2. The van der Waals surface area contributed by atoms with Crippen LogP contribution in [0.2, 0.25) is 0 Å². The van der Waals surface area contributed by atoms with Crippen LogP contribution in [-0.2, 0) is 20.8 Å². The van der Waals surface area contributed by atoms with Gasteiger partial charge < -0.3 is 26.0 Å². The van der Waals surface area contributed by atoms with Crippen molar-refractivity contribution in [1.82, 2.24) is 15.2 Å².